The topological polar surface area (TPSA) is 58.9 Å². The summed E-state index contributed by atoms with van der Waals surface area (Å²) in [5.74, 6) is 0. The van der Waals surface area contributed by atoms with Gasteiger partial charge in [-0.1, -0.05) is 12.8 Å². The van der Waals surface area contributed by atoms with Crippen LogP contribution in [0.1, 0.15) is 25.7 Å². The number of carbonyl (C=O) groups excluding carboxylic acids is 2. The molecule has 4 nitrogen and oxygen atoms in total. The quantitative estimate of drug-likeness (QED) is 0.275. The minimum absolute atomic E-state index is 0. The van der Waals surface area contributed by atoms with Crippen LogP contribution in [0, 0.1) is 0 Å². The molecule has 0 aliphatic carbocycles. The maximum absolute atomic E-state index is 9.63. The van der Waals surface area contributed by atoms with Crippen molar-refractivity contribution in [3.8, 4) is 0 Å². The number of hydrogen-bond acceptors (Lipinski definition) is 4. The van der Waals surface area contributed by atoms with Crippen molar-refractivity contribution >= 4 is 30.1 Å². The Labute approximate surface area is 88.8 Å². The van der Waals surface area contributed by atoms with Crippen LogP contribution in [-0.2, 0) is 9.59 Å². The number of nitrogens with zero attached hydrogens (tertiary/aromatic N) is 2. The molecule has 0 bridgehead atoms. The van der Waals surface area contributed by atoms with Gasteiger partial charge < -0.3 is 0 Å². The zero-order valence-corrected chi connectivity index (χ0v) is 10.6. The third-order valence-electron chi connectivity index (χ3n) is 1.42. The molecule has 0 saturated carbocycles. The molecule has 0 aromatic heterocycles. The first-order chi connectivity index (χ1) is 5.91. The van der Waals surface area contributed by atoms with E-state index in [0.717, 1.165) is 25.7 Å². The maximum atomic E-state index is 9.63. The predicted molar refractivity (Wildman–Crippen MR) is 54.4 cm³/mol. The second-order valence-corrected chi connectivity index (χ2v) is 2.36. The second-order valence-electron chi connectivity index (χ2n) is 2.36. The van der Waals surface area contributed by atoms with Crippen LogP contribution < -0.4 is 0 Å². The molecule has 0 aromatic rings. The van der Waals surface area contributed by atoms with E-state index < -0.39 is 0 Å². The van der Waals surface area contributed by atoms with Crippen LogP contribution in [0.2, 0.25) is 0 Å². The molecular formula is C8H15AsN2O2. The number of isocyanates is 2. The summed E-state index contributed by atoms with van der Waals surface area (Å²) in [5, 5.41) is 0. The first kappa shape index (κ1) is 14.8. The van der Waals surface area contributed by atoms with Crippen LogP contribution in [0.25, 0.3) is 0 Å². The van der Waals surface area contributed by atoms with Gasteiger partial charge in [0.1, 0.15) is 0 Å². The van der Waals surface area contributed by atoms with Gasteiger partial charge in [0.15, 0.2) is 0 Å². The van der Waals surface area contributed by atoms with E-state index in [1.165, 1.54) is 12.2 Å². The molecule has 0 aliphatic rings. The Bertz CT molecular complexity index is 174. The van der Waals surface area contributed by atoms with Crippen LogP contribution >= 0.6 is 0 Å². The fourth-order valence-electron chi connectivity index (χ4n) is 0.827. The molecule has 0 aromatic carbocycles. The molecule has 1 atom stereocenters. The Balaban J connectivity index is 0. The van der Waals surface area contributed by atoms with E-state index in [4.69, 9.17) is 0 Å². The molecule has 0 amide bonds. The van der Waals surface area contributed by atoms with Crippen molar-refractivity contribution in [3.63, 3.8) is 0 Å². The van der Waals surface area contributed by atoms with Gasteiger partial charge in [-0.3, -0.25) is 0 Å². The van der Waals surface area contributed by atoms with Crippen molar-refractivity contribution in [1.82, 2.24) is 0 Å². The van der Waals surface area contributed by atoms with E-state index in [1.807, 2.05) is 0 Å². The van der Waals surface area contributed by atoms with Crippen LogP contribution in [0.3, 0.4) is 0 Å². The van der Waals surface area contributed by atoms with E-state index >= 15 is 0 Å². The molecule has 0 saturated heterocycles. The van der Waals surface area contributed by atoms with Gasteiger partial charge in [0.25, 0.3) is 0 Å². The van der Waals surface area contributed by atoms with E-state index in [9.17, 15) is 9.59 Å². The van der Waals surface area contributed by atoms with Crippen LogP contribution in [-0.4, -0.2) is 43.2 Å². The van der Waals surface area contributed by atoms with Crippen molar-refractivity contribution in [1.29, 1.82) is 0 Å². The Morgan fingerprint density at radius 2 is 1.15 bits per heavy atom. The van der Waals surface area contributed by atoms with Crippen molar-refractivity contribution < 1.29 is 9.59 Å². The molecule has 0 fully saturated rings. The van der Waals surface area contributed by atoms with E-state index in [1.54, 1.807) is 0 Å². The molecular weight excluding hydrogens is 231 g/mol. The minimum atomic E-state index is 0. The summed E-state index contributed by atoms with van der Waals surface area (Å²) in [6.45, 7) is 1.11. The Hall–Kier alpha value is -0.682. The van der Waals surface area contributed by atoms with Crippen LogP contribution in [0.5, 0.6) is 0 Å². The van der Waals surface area contributed by atoms with Gasteiger partial charge in [-0.25, -0.2) is 19.6 Å². The SMILES string of the molecule is O=C=NCCCCCCN=C=O.[AsH3]. The van der Waals surface area contributed by atoms with Gasteiger partial charge in [-0.05, 0) is 12.8 Å². The van der Waals surface area contributed by atoms with Gasteiger partial charge >= 0.3 is 18.0 Å². The molecule has 0 aliphatic heterocycles. The van der Waals surface area contributed by atoms with Gasteiger partial charge in [-0.15, -0.1) is 0 Å². The molecule has 74 valence electrons. The zero-order chi connectivity index (χ0) is 9.07. The van der Waals surface area contributed by atoms with E-state index in [0.29, 0.717) is 13.1 Å². The molecule has 0 radical (unpaired) electrons. The van der Waals surface area contributed by atoms with Crippen LogP contribution in [0.15, 0.2) is 9.98 Å². The van der Waals surface area contributed by atoms with Crippen molar-refractivity contribution in [2.75, 3.05) is 13.1 Å². The van der Waals surface area contributed by atoms with Crippen molar-refractivity contribution in [3.05, 3.63) is 0 Å². The fourth-order valence-corrected chi connectivity index (χ4v) is 0.827. The molecule has 0 heterocycles. The number of rotatable bonds is 7. The Morgan fingerprint density at radius 3 is 1.46 bits per heavy atom. The van der Waals surface area contributed by atoms with Crippen molar-refractivity contribution in [2.45, 2.75) is 25.7 Å². The zero-order valence-electron chi connectivity index (χ0n) is 7.66. The third kappa shape index (κ3) is 14.2. The van der Waals surface area contributed by atoms with Crippen molar-refractivity contribution in [2.24, 2.45) is 9.98 Å². The standard InChI is InChI=1S/C8H12N2O2.AsH3/c11-7-9-5-3-1-2-4-6-10-8-12;/h1-6H2;1H3. The number of unbranched alkanes of at least 4 members (excludes halogenated alkanes) is 3. The van der Waals surface area contributed by atoms with E-state index in [2.05, 4.69) is 9.98 Å². The molecule has 1 unspecified atom stereocenters. The molecule has 5 heteroatoms. The monoisotopic (exact) mass is 246 g/mol. The summed E-state index contributed by atoms with van der Waals surface area (Å²) in [6, 6.07) is 0. The summed E-state index contributed by atoms with van der Waals surface area (Å²) in [7, 11) is 0. The second kappa shape index (κ2) is 13.9. The number of aliphatic imine (C=N–C) groups is 2. The van der Waals surface area contributed by atoms with Gasteiger partial charge in [0.2, 0.25) is 12.2 Å². The predicted octanol–water partition coefficient (Wildman–Crippen LogP) is 0.0345. The Kier molecular flexibility index (Phi) is 15.8. The molecule has 13 heavy (non-hydrogen) atoms. The summed E-state index contributed by atoms with van der Waals surface area (Å²) >= 11 is 0. The Morgan fingerprint density at radius 1 is 0.769 bits per heavy atom. The van der Waals surface area contributed by atoms with Crippen LogP contribution in [0.4, 0.5) is 0 Å². The normalized spacial score (nSPS) is 7.69. The molecule has 0 rings (SSSR count). The average molecular weight is 246 g/mol. The molecule has 0 N–H and O–H groups in total. The number of hydrogen-bond donors (Lipinski definition) is 0. The molecule has 0 spiro atoms. The summed E-state index contributed by atoms with van der Waals surface area (Å²) < 4.78 is 0. The first-order valence-electron chi connectivity index (χ1n) is 3.99. The summed E-state index contributed by atoms with van der Waals surface area (Å²) in [5.41, 5.74) is 0. The third-order valence-corrected chi connectivity index (χ3v) is 1.42. The summed E-state index contributed by atoms with van der Waals surface area (Å²) in [6.07, 6.45) is 6.80. The van der Waals surface area contributed by atoms with E-state index in [-0.39, 0.29) is 18.0 Å². The fraction of sp³-hybridized carbons (Fsp3) is 0.750. The summed E-state index contributed by atoms with van der Waals surface area (Å²) in [4.78, 5) is 26.1. The van der Waals surface area contributed by atoms with Gasteiger partial charge in [0.05, 0.1) is 13.1 Å². The average Bonchev–Trinajstić information content (AvgIpc) is 2.10. The first-order valence-corrected chi connectivity index (χ1v) is 3.99. The van der Waals surface area contributed by atoms with Gasteiger partial charge in [-0.2, -0.15) is 0 Å². The van der Waals surface area contributed by atoms with Gasteiger partial charge in [0, 0.05) is 0 Å².